The minimum absolute atomic E-state index is 0.295. The quantitative estimate of drug-likeness (QED) is 0.819. The molecule has 2 fully saturated rings. The molecule has 4 heteroatoms. The first-order chi connectivity index (χ1) is 7.76. The molecule has 0 aromatic heterocycles. The number of carbonyl (C=O) groups excluding carboxylic acids is 1. The fourth-order valence-electron chi connectivity index (χ4n) is 2.93. The van der Waals surface area contributed by atoms with Gasteiger partial charge in [-0.25, -0.2) is 0 Å². The van der Waals surface area contributed by atoms with E-state index in [2.05, 4.69) is 23.4 Å². The minimum Gasteiger partial charge on any atom is -0.323 e. The Labute approximate surface area is 102 Å². The fourth-order valence-corrected chi connectivity index (χ4v) is 3.67. The van der Waals surface area contributed by atoms with Crippen molar-refractivity contribution < 1.29 is 4.79 Å². The summed E-state index contributed by atoms with van der Waals surface area (Å²) in [5.41, 5.74) is 0. The molecule has 3 nitrogen and oxygen atoms in total. The van der Waals surface area contributed by atoms with Gasteiger partial charge in [0.15, 0.2) is 0 Å². The molecule has 2 rings (SSSR count). The van der Waals surface area contributed by atoms with Gasteiger partial charge in [-0.3, -0.25) is 10.1 Å². The van der Waals surface area contributed by atoms with Crippen molar-refractivity contribution in [3.05, 3.63) is 0 Å². The number of hydrogen-bond donors (Lipinski definition) is 1. The second kappa shape index (κ2) is 5.41. The van der Waals surface area contributed by atoms with Crippen LogP contribution in [-0.4, -0.2) is 41.1 Å². The minimum atomic E-state index is 0.295. The van der Waals surface area contributed by atoms with Crippen LogP contribution >= 0.6 is 11.8 Å². The summed E-state index contributed by atoms with van der Waals surface area (Å²) in [6, 6.07) is 0.496. The molecule has 1 heterocycles. The van der Waals surface area contributed by atoms with E-state index in [1.54, 1.807) is 0 Å². The van der Waals surface area contributed by atoms with Crippen molar-refractivity contribution in [2.75, 3.05) is 12.8 Å². The third kappa shape index (κ3) is 2.38. The van der Waals surface area contributed by atoms with Crippen molar-refractivity contribution in [1.82, 2.24) is 10.2 Å². The van der Waals surface area contributed by atoms with Gasteiger partial charge >= 0.3 is 0 Å². The number of hydrogen-bond acceptors (Lipinski definition) is 3. The molecule has 2 aliphatic rings. The standard InChI is InChI=1S/C12H22N2OS/c1-3-11-13-8-12(15)14(11)9-4-6-10(16-2)7-5-9/h9-11,13H,3-8H2,1-2H3. The molecule has 0 aromatic carbocycles. The van der Waals surface area contributed by atoms with Crippen molar-refractivity contribution in [2.24, 2.45) is 0 Å². The van der Waals surface area contributed by atoms with Crippen LogP contribution in [0.4, 0.5) is 0 Å². The molecule has 1 amide bonds. The maximum Gasteiger partial charge on any atom is 0.238 e. The smallest absolute Gasteiger partial charge is 0.238 e. The lowest BCUT2D eigenvalue weighted by atomic mass is 9.93. The average molecular weight is 242 g/mol. The lowest BCUT2D eigenvalue weighted by Crippen LogP contribution is -2.46. The van der Waals surface area contributed by atoms with E-state index >= 15 is 0 Å². The third-order valence-corrected chi connectivity index (χ3v) is 5.01. The summed E-state index contributed by atoms with van der Waals surface area (Å²) in [7, 11) is 0. The molecule has 1 unspecified atom stereocenters. The first kappa shape index (κ1) is 12.2. The van der Waals surface area contributed by atoms with Gasteiger partial charge in [0.25, 0.3) is 0 Å². The van der Waals surface area contributed by atoms with Crippen molar-refractivity contribution in [3.8, 4) is 0 Å². The lowest BCUT2D eigenvalue weighted by molar-refractivity contribution is -0.130. The Kier molecular flexibility index (Phi) is 4.14. The topological polar surface area (TPSA) is 32.3 Å². The third-order valence-electron chi connectivity index (χ3n) is 3.87. The van der Waals surface area contributed by atoms with E-state index in [4.69, 9.17) is 0 Å². The molecular formula is C12H22N2OS. The number of nitrogens with zero attached hydrogens (tertiary/aromatic N) is 1. The Balaban J connectivity index is 1.94. The van der Waals surface area contributed by atoms with E-state index in [-0.39, 0.29) is 0 Å². The molecule has 0 aromatic rings. The number of amides is 1. The summed E-state index contributed by atoms with van der Waals surface area (Å²) < 4.78 is 0. The lowest BCUT2D eigenvalue weighted by Gasteiger charge is -2.37. The highest BCUT2D eigenvalue weighted by molar-refractivity contribution is 7.99. The Hall–Kier alpha value is -0.220. The van der Waals surface area contributed by atoms with Crippen LogP contribution in [0.2, 0.25) is 0 Å². The van der Waals surface area contributed by atoms with E-state index < -0.39 is 0 Å². The summed E-state index contributed by atoms with van der Waals surface area (Å²) in [5.74, 6) is 0.305. The molecule has 1 saturated carbocycles. The predicted molar refractivity (Wildman–Crippen MR) is 68.5 cm³/mol. The van der Waals surface area contributed by atoms with Gasteiger partial charge in [-0.1, -0.05) is 6.92 Å². The zero-order valence-corrected chi connectivity index (χ0v) is 11.1. The van der Waals surface area contributed by atoms with Gasteiger partial charge in [-0.15, -0.1) is 0 Å². The SMILES string of the molecule is CCC1NCC(=O)N1C1CCC(SC)CC1. The highest BCUT2D eigenvalue weighted by Gasteiger charge is 2.36. The first-order valence-electron chi connectivity index (χ1n) is 6.33. The van der Waals surface area contributed by atoms with Gasteiger partial charge in [0.1, 0.15) is 0 Å². The average Bonchev–Trinajstić information content (AvgIpc) is 2.70. The number of carbonyl (C=O) groups is 1. The molecule has 1 atom stereocenters. The summed E-state index contributed by atoms with van der Waals surface area (Å²) in [4.78, 5) is 14.0. The highest BCUT2D eigenvalue weighted by atomic mass is 32.2. The normalized spacial score (nSPS) is 35.8. The summed E-state index contributed by atoms with van der Waals surface area (Å²) >= 11 is 1.98. The van der Waals surface area contributed by atoms with Gasteiger partial charge < -0.3 is 4.90 Å². The molecule has 0 bridgehead atoms. The maximum absolute atomic E-state index is 11.9. The van der Waals surface area contributed by atoms with Crippen molar-refractivity contribution in [1.29, 1.82) is 0 Å². The van der Waals surface area contributed by atoms with Crippen LogP contribution < -0.4 is 5.32 Å². The van der Waals surface area contributed by atoms with Gasteiger partial charge in [0.2, 0.25) is 5.91 Å². The molecule has 0 radical (unpaired) electrons. The number of thioether (sulfide) groups is 1. The van der Waals surface area contributed by atoms with E-state index in [0.29, 0.717) is 24.7 Å². The number of nitrogens with one attached hydrogen (secondary N) is 1. The van der Waals surface area contributed by atoms with E-state index in [1.807, 2.05) is 11.8 Å². The van der Waals surface area contributed by atoms with Crippen molar-refractivity contribution >= 4 is 17.7 Å². The molecule has 1 aliphatic heterocycles. The first-order valence-corrected chi connectivity index (χ1v) is 7.62. The van der Waals surface area contributed by atoms with Gasteiger partial charge in [-0.05, 0) is 38.4 Å². The Bertz CT molecular complexity index is 251. The maximum atomic E-state index is 11.9. The molecule has 16 heavy (non-hydrogen) atoms. The molecule has 1 saturated heterocycles. The zero-order chi connectivity index (χ0) is 11.5. The van der Waals surface area contributed by atoms with Crippen LogP contribution in [0.1, 0.15) is 39.0 Å². The Morgan fingerprint density at radius 3 is 2.62 bits per heavy atom. The molecule has 92 valence electrons. The van der Waals surface area contributed by atoms with Crippen molar-refractivity contribution in [2.45, 2.75) is 56.5 Å². The second-order valence-electron chi connectivity index (χ2n) is 4.77. The Morgan fingerprint density at radius 2 is 2.06 bits per heavy atom. The monoisotopic (exact) mass is 242 g/mol. The molecular weight excluding hydrogens is 220 g/mol. The van der Waals surface area contributed by atoms with Crippen LogP contribution in [-0.2, 0) is 4.79 Å². The van der Waals surface area contributed by atoms with Gasteiger partial charge in [-0.2, -0.15) is 11.8 Å². The highest BCUT2D eigenvalue weighted by Crippen LogP contribution is 2.31. The largest absolute Gasteiger partial charge is 0.323 e. The van der Waals surface area contributed by atoms with Crippen LogP contribution in [0.5, 0.6) is 0 Å². The molecule has 0 spiro atoms. The zero-order valence-electron chi connectivity index (χ0n) is 10.2. The molecule has 1 N–H and O–H groups in total. The fraction of sp³-hybridized carbons (Fsp3) is 0.917. The van der Waals surface area contributed by atoms with Crippen molar-refractivity contribution in [3.63, 3.8) is 0 Å². The van der Waals surface area contributed by atoms with Crippen LogP contribution in [0.3, 0.4) is 0 Å². The van der Waals surface area contributed by atoms with E-state index in [1.165, 1.54) is 25.7 Å². The van der Waals surface area contributed by atoms with E-state index in [9.17, 15) is 4.79 Å². The van der Waals surface area contributed by atoms with Gasteiger partial charge in [0.05, 0.1) is 12.7 Å². The summed E-state index contributed by atoms with van der Waals surface area (Å²) in [5, 5.41) is 4.12. The summed E-state index contributed by atoms with van der Waals surface area (Å²) in [6.07, 6.45) is 8.43. The van der Waals surface area contributed by atoms with Crippen LogP contribution in [0, 0.1) is 0 Å². The van der Waals surface area contributed by atoms with Crippen LogP contribution in [0.25, 0.3) is 0 Å². The van der Waals surface area contributed by atoms with Crippen LogP contribution in [0.15, 0.2) is 0 Å². The van der Waals surface area contributed by atoms with E-state index in [0.717, 1.165) is 11.7 Å². The molecule has 1 aliphatic carbocycles. The summed E-state index contributed by atoms with van der Waals surface area (Å²) in [6.45, 7) is 2.69. The predicted octanol–water partition coefficient (Wildman–Crippen LogP) is 1.83. The Morgan fingerprint density at radius 1 is 1.38 bits per heavy atom. The number of rotatable bonds is 3. The second-order valence-corrected chi connectivity index (χ2v) is 5.91. The van der Waals surface area contributed by atoms with Gasteiger partial charge in [0, 0.05) is 11.3 Å².